The molecule has 0 bridgehead atoms. The first-order valence-electron chi connectivity index (χ1n) is 9.27. The molecule has 1 aromatic rings. The molecular formula is C19H33N3O3. The molecule has 0 unspecified atom stereocenters. The van der Waals surface area contributed by atoms with Crippen molar-refractivity contribution in [3.05, 3.63) is 11.9 Å². The number of carbonyl (C=O) groups excluding carboxylic acids is 2. The van der Waals surface area contributed by atoms with E-state index in [0.29, 0.717) is 31.7 Å². The Balaban J connectivity index is 2.38. The van der Waals surface area contributed by atoms with E-state index in [2.05, 4.69) is 10.3 Å². The lowest BCUT2D eigenvalue weighted by molar-refractivity contribution is -0.133. The van der Waals surface area contributed by atoms with Gasteiger partial charge in [0.25, 0.3) is 0 Å². The summed E-state index contributed by atoms with van der Waals surface area (Å²) in [4.78, 5) is 23.8. The maximum Gasteiger partial charge on any atom is 0.162 e. The van der Waals surface area contributed by atoms with Crippen molar-refractivity contribution < 1.29 is 14.7 Å². The smallest absolute Gasteiger partial charge is 0.162 e. The van der Waals surface area contributed by atoms with E-state index in [1.54, 1.807) is 4.68 Å². The third-order valence-corrected chi connectivity index (χ3v) is 4.65. The first-order chi connectivity index (χ1) is 11.7. The van der Waals surface area contributed by atoms with Gasteiger partial charge in [0.15, 0.2) is 5.78 Å². The molecule has 0 aliphatic carbocycles. The van der Waals surface area contributed by atoms with Gasteiger partial charge in [-0.25, -0.2) is 0 Å². The summed E-state index contributed by atoms with van der Waals surface area (Å²) >= 11 is 0. The molecule has 0 radical (unpaired) electrons. The number of carbonyl (C=O) groups is 2. The van der Waals surface area contributed by atoms with Crippen molar-refractivity contribution in [3.63, 3.8) is 0 Å². The third-order valence-electron chi connectivity index (χ3n) is 4.65. The Morgan fingerprint density at radius 1 is 1.28 bits per heavy atom. The Morgan fingerprint density at radius 3 is 2.56 bits per heavy atom. The van der Waals surface area contributed by atoms with Crippen molar-refractivity contribution in [2.75, 3.05) is 0 Å². The van der Waals surface area contributed by atoms with Crippen LogP contribution < -0.4 is 0 Å². The van der Waals surface area contributed by atoms with Gasteiger partial charge >= 0.3 is 0 Å². The Bertz CT molecular complexity index is 564. The number of rotatable bonds is 12. The lowest BCUT2D eigenvalue weighted by atomic mass is 9.81. The van der Waals surface area contributed by atoms with Gasteiger partial charge in [0.05, 0.1) is 5.69 Å². The minimum absolute atomic E-state index is 0.152. The highest BCUT2D eigenvalue weighted by Crippen LogP contribution is 2.26. The van der Waals surface area contributed by atoms with Gasteiger partial charge < -0.3 is 5.11 Å². The van der Waals surface area contributed by atoms with Crippen molar-refractivity contribution in [3.8, 4) is 0 Å². The number of aliphatic hydroxyl groups is 1. The average Bonchev–Trinajstić information content (AvgIpc) is 2.99. The Labute approximate surface area is 151 Å². The van der Waals surface area contributed by atoms with Gasteiger partial charge in [0, 0.05) is 38.4 Å². The quantitative estimate of drug-likeness (QED) is 0.626. The van der Waals surface area contributed by atoms with Crippen LogP contribution in [-0.4, -0.2) is 37.8 Å². The highest BCUT2D eigenvalue weighted by atomic mass is 16.3. The topological polar surface area (TPSA) is 85.1 Å². The second-order valence-corrected chi connectivity index (χ2v) is 7.92. The first kappa shape index (κ1) is 21.5. The largest absolute Gasteiger partial charge is 0.385 e. The predicted molar refractivity (Wildman–Crippen MR) is 97.1 cm³/mol. The summed E-state index contributed by atoms with van der Waals surface area (Å²) in [6.45, 7) is 10.5. The van der Waals surface area contributed by atoms with Crippen LogP contribution in [0.2, 0.25) is 0 Å². The van der Waals surface area contributed by atoms with Gasteiger partial charge in [-0.3, -0.25) is 14.3 Å². The van der Waals surface area contributed by atoms with Gasteiger partial charge in [-0.05, 0) is 24.2 Å². The number of Topliss-reactive ketones (excluding diaryl/α,β-unsaturated/α-hetero) is 2. The number of aryl methyl sites for hydroxylation is 2. The standard InChI is InChI=1S/C19H33N3O3/c1-6-19(4,5)18(25)17(24)10-9-15-13-22(21-20-15)11-7-8-16(23)12-14(2)3/h13-14,18,25H,6-12H2,1-5H3/t18-/m0/s1. The predicted octanol–water partition coefficient (Wildman–Crippen LogP) is 2.97. The zero-order valence-electron chi connectivity index (χ0n) is 16.3. The molecule has 6 heteroatoms. The molecular weight excluding hydrogens is 318 g/mol. The molecule has 0 amide bonds. The van der Waals surface area contributed by atoms with Gasteiger partial charge in [-0.2, -0.15) is 0 Å². The molecule has 0 fully saturated rings. The summed E-state index contributed by atoms with van der Waals surface area (Å²) in [5, 5.41) is 18.2. The minimum atomic E-state index is -0.945. The molecule has 1 N–H and O–H groups in total. The van der Waals surface area contributed by atoms with Gasteiger partial charge in [-0.1, -0.05) is 39.8 Å². The zero-order valence-corrected chi connectivity index (χ0v) is 16.3. The number of ketones is 2. The average molecular weight is 351 g/mol. The molecule has 0 saturated carbocycles. The van der Waals surface area contributed by atoms with Crippen LogP contribution >= 0.6 is 0 Å². The van der Waals surface area contributed by atoms with Crippen LogP contribution in [0.25, 0.3) is 0 Å². The zero-order chi connectivity index (χ0) is 19.0. The summed E-state index contributed by atoms with van der Waals surface area (Å²) < 4.78 is 1.72. The van der Waals surface area contributed by atoms with Gasteiger partial charge in [-0.15, -0.1) is 5.10 Å². The van der Waals surface area contributed by atoms with Crippen molar-refractivity contribution >= 4 is 11.6 Å². The Morgan fingerprint density at radius 2 is 1.96 bits per heavy atom. The molecule has 142 valence electrons. The monoisotopic (exact) mass is 351 g/mol. The normalized spacial score (nSPS) is 13.2. The summed E-state index contributed by atoms with van der Waals surface area (Å²) in [7, 11) is 0. The van der Waals surface area contributed by atoms with Crippen LogP contribution in [0.1, 0.15) is 72.4 Å². The van der Waals surface area contributed by atoms with E-state index < -0.39 is 11.5 Å². The fourth-order valence-corrected chi connectivity index (χ4v) is 2.58. The lowest BCUT2D eigenvalue weighted by Crippen LogP contribution is -2.36. The first-order valence-corrected chi connectivity index (χ1v) is 9.27. The SMILES string of the molecule is CCC(C)(C)[C@@H](O)C(=O)CCc1cn(CCCC(=O)CC(C)C)nn1. The maximum absolute atomic E-state index is 12.1. The second-order valence-electron chi connectivity index (χ2n) is 7.92. The van der Waals surface area contributed by atoms with Crippen LogP contribution in [0.5, 0.6) is 0 Å². The Kier molecular flexibility index (Phi) is 8.42. The number of aromatic nitrogens is 3. The van der Waals surface area contributed by atoms with E-state index in [1.165, 1.54) is 0 Å². The molecule has 0 aromatic carbocycles. The molecule has 0 saturated heterocycles. The highest BCUT2D eigenvalue weighted by Gasteiger charge is 2.31. The van der Waals surface area contributed by atoms with Gasteiger partial charge in [0.2, 0.25) is 0 Å². The summed E-state index contributed by atoms with van der Waals surface area (Å²) in [5.74, 6) is 0.533. The van der Waals surface area contributed by atoms with Crippen molar-refractivity contribution in [2.45, 2.75) is 85.8 Å². The van der Waals surface area contributed by atoms with Crippen molar-refractivity contribution in [1.29, 1.82) is 0 Å². The van der Waals surface area contributed by atoms with E-state index in [9.17, 15) is 14.7 Å². The summed E-state index contributed by atoms with van der Waals surface area (Å²) in [5.41, 5.74) is 0.334. The highest BCUT2D eigenvalue weighted by molar-refractivity contribution is 5.83. The molecule has 25 heavy (non-hydrogen) atoms. The maximum atomic E-state index is 12.1. The number of nitrogens with zero attached hydrogens (tertiary/aromatic N) is 3. The molecule has 6 nitrogen and oxygen atoms in total. The molecule has 1 atom stereocenters. The summed E-state index contributed by atoms with van der Waals surface area (Å²) in [6.07, 6.45) is 4.28. The Hall–Kier alpha value is -1.56. The second kappa shape index (κ2) is 9.80. The van der Waals surface area contributed by atoms with E-state index in [1.807, 2.05) is 40.8 Å². The minimum Gasteiger partial charge on any atom is -0.385 e. The van der Waals surface area contributed by atoms with Crippen LogP contribution in [0.4, 0.5) is 0 Å². The molecule has 1 rings (SSSR count). The summed E-state index contributed by atoms with van der Waals surface area (Å²) in [6, 6.07) is 0. The van der Waals surface area contributed by atoms with Crippen LogP contribution in [0.15, 0.2) is 6.20 Å². The van der Waals surface area contributed by atoms with Gasteiger partial charge in [0.1, 0.15) is 11.9 Å². The lowest BCUT2D eigenvalue weighted by Gasteiger charge is -2.27. The number of hydrogen-bond donors (Lipinski definition) is 1. The van der Waals surface area contributed by atoms with Crippen molar-refractivity contribution in [2.24, 2.45) is 11.3 Å². The molecule has 0 spiro atoms. The van der Waals surface area contributed by atoms with E-state index in [4.69, 9.17) is 0 Å². The van der Waals surface area contributed by atoms with E-state index >= 15 is 0 Å². The molecule has 1 heterocycles. The molecule has 0 aliphatic rings. The third kappa shape index (κ3) is 7.46. The van der Waals surface area contributed by atoms with E-state index in [0.717, 1.165) is 18.5 Å². The fraction of sp³-hybridized carbons (Fsp3) is 0.789. The molecule has 1 aromatic heterocycles. The van der Waals surface area contributed by atoms with E-state index in [-0.39, 0.29) is 18.0 Å². The van der Waals surface area contributed by atoms with Crippen LogP contribution in [-0.2, 0) is 22.6 Å². The fourth-order valence-electron chi connectivity index (χ4n) is 2.58. The number of hydrogen-bond acceptors (Lipinski definition) is 5. The van der Waals surface area contributed by atoms with Crippen molar-refractivity contribution in [1.82, 2.24) is 15.0 Å². The van der Waals surface area contributed by atoms with Crippen LogP contribution in [0.3, 0.4) is 0 Å². The number of aliphatic hydroxyl groups excluding tert-OH is 1. The molecule has 0 aliphatic heterocycles. The van der Waals surface area contributed by atoms with Crippen LogP contribution in [0, 0.1) is 11.3 Å².